The Bertz CT molecular complexity index is 910. The first kappa shape index (κ1) is 20.9. The minimum absolute atomic E-state index is 0.00980. The molecule has 0 aliphatic heterocycles. The summed E-state index contributed by atoms with van der Waals surface area (Å²) in [5.41, 5.74) is 0.264. The number of sulfone groups is 1. The summed E-state index contributed by atoms with van der Waals surface area (Å²) in [6.45, 7) is 0.277. The lowest BCUT2D eigenvalue weighted by atomic mass is 10.1. The van der Waals surface area contributed by atoms with E-state index in [0.717, 1.165) is 18.4 Å². The summed E-state index contributed by atoms with van der Waals surface area (Å²) in [4.78, 5) is 13.8. The van der Waals surface area contributed by atoms with Crippen molar-refractivity contribution >= 4 is 21.4 Å². The summed E-state index contributed by atoms with van der Waals surface area (Å²) < 4.78 is 60.8. The molecular formula is C18H19F3N2O3S. The maximum absolute atomic E-state index is 12.6. The molecule has 2 aromatic carbocycles. The van der Waals surface area contributed by atoms with Gasteiger partial charge in [0.2, 0.25) is 5.91 Å². The second kappa shape index (κ2) is 8.10. The molecule has 0 radical (unpaired) electrons. The van der Waals surface area contributed by atoms with Crippen LogP contribution in [0.5, 0.6) is 0 Å². The third-order valence-corrected chi connectivity index (χ3v) is 4.80. The van der Waals surface area contributed by atoms with E-state index in [0.29, 0.717) is 11.3 Å². The van der Waals surface area contributed by atoms with Crippen LogP contribution in [0, 0.1) is 0 Å². The lowest BCUT2D eigenvalue weighted by Gasteiger charge is -2.17. The number of carbonyl (C=O) groups is 1. The van der Waals surface area contributed by atoms with Crippen molar-refractivity contribution in [3.8, 4) is 0 Å². The molecule has 0 spiro atoms. The highest BCUT2D eigenvalue weighted by atomic mass is 32.2. The predicted octanol–water partition coefficient (Wildman–Crippen LogP) is 3.18. The van der Waals surface area contributed by atoms with Crippen LogP contribution >= 0.6 is 0 Å². The molecule has 2 rings (SSSR count). The van der Waals surface area contributed by atoms with E-state index in [9.17, 15) is 26.4 Å². The smallest absolute Gasteiger partial charge is 0.325 e. The zero-order valence-corrected chi connectivity index (χ0v) is 15.6. The highest BCUT2D eigenvalue weighted by molar-refractivity contribution is 7.90. The van der Waals surface area contributed by atoms with Crippen LogP contribution in [-0.2, 0) is 27.4 Å². The van der Waals surface area contributed by atoms with E-state index in [2.05, 4.69) is 5.32 Å². The maximum atomic E-state index is 12.6. The molecule has 146 valence electrons. The number of halogens is 3. The number of carbonyl (C=O) groups excluding carboxylic acids is 1. The summed E-state index contributed by atoms with van der Waals surface area (Å²) in [6, 6.07) is 10.6. The van der Waals surface area contributed by atoms with Crippen LogP contribution in [-0.4, -0.2) is 39.1 Å². The molecule has 0 atom stereocenters. The molecule has 0 aromatic heterocycles. The average molecular weight is 400 g/mol. The van der Waals surface area contributed by atoms with Gasteiger partial charge in [-0.15, -0.1) is 0 Å². The first-order valence-corrected chi connectivity index (χ1v) is 9.79. The van der Waals surface area contributed by atoms with E-state index in [1.807, 2.05) is 0 Å². The van der Waals surface area contributed by atoms with Crippen molar-refractivity contribution in [3.63, 3.8) is 0 Å². The lowest BCUT2D eigenvalue weighted by Crippen LogP contribution is -2.29. The minimum atomic E-state index is -4.38. The van der Waals surface area contributed by atoms with Crippen LogP contribution in [0.15, 0.2) is 53.4 Å². The van der Waals surface area contributed by atoms with Gasteiger partial charge in [-0.1, -0.05) is 18.2 Å². The number of nitrogens with zero attached hydrogens (tertiary/aromatic N) is 1. The molecule has 1 N–H and O–H groups in total. The van der Waals surface area contributed by atoms with E-state index in [4.69, 9.17) is 0 Å². The molecule has 0 fully saturated rings. The predicted molar refractivity (Wildman–Crippen MR) is 96.0 cm³/mol. The van der Waals surface area contributed by atoms with Gasteiger partial charge in [0.1, 0.15) is 0 Å². The average Bonchev–Trinajstić information content (AvgIpc) is 2.53. The number of nitrogens with one attached hydrogen (secondary N) is 1. The molecule has 9 heteroatoms. The monoisotopic (exact) mass is 400 g/mol. The molecule has 0 aliphatic rings. The van der Waals surface area contributed by atoms with Gasteiger partial charge in [-0.3, -0.25) is 9.69 Å². The molecule has 27 heavy (non-hydrogen) atoms. The van der Waals surface area contributed by atoms with Gasteiger partial charge in [-0.2, -0.15) is 13.2 Å². The standard InChI is InChI=1S/C18H19F3N2O3S/c1-23(11-13-6-8-14(9-7-13)18(19,20)21)12-17(24)22-15-4-3-5-16(10-15)27(2,25)26/h3-10H,11-12H2,1-2H3,(H,22,24). The van der Waals surface area contributed by atoms with Crippen LogP contribution in [0.3, 0.4) is 0 Å². The SMILES string of the molecule is CN(CC(=O)Nc1cccc(S(C)(=O)=O)c1)Cc1ccc(C(F)(F)F)cc1. The van der Waals surface area contributed by atoms with E-state index < -0.39 is 21.6 Å². The van der Waals surface area contributed by atoms with Crippen molar-refractivity contribution in [2.24, 2.45) is 0 Å². The molecular weight excluding hydrogens is 381 g/mol. The molecule has 0 saturated carbocycles. The number of hydrogen-bond donors (Lipinski definition) is 1. The van der Waals surface area contributed by atoms with Gasteiger partial charge < -0.3 is 5.32 Å². The van der Waals surface area contributed by atoms with Gasteiger partial charge in [0.25, 0.3) is 0 Å². The fourth-order valence-corrected chi connectivity index (χ4v) is 3.08. The number of likely N-dealkylation sites (N-methyl/N-ethyl adjacent to an activating group) is 1. The number of amides is 1. The van der Waals surface area contributed by atoms with E-state index in [1.54, 1.807) is 18.0 Å². The zero-order chi connectivity index (χ0) is 20.2. The van der Waals surface area contributed by atoms with E-state index in [-0.39, 0.29) is 23.9 Å². The summed E-state index contributed by atoms with van der Waals surface area (Å²) >= 11 is 0. The van der Waals surface area contributed by atoms with Gasteiger partial charge in [0.15, 0.2) is 9.84 Å². The van der Waals surface area contributed by atoms with Gasteiger partial charge in [0, 0.05) is 18.5 Å². The Hall–Kier alpha value is -2.39. The third kappa shape index (κ3) is 6.37. The van der Waals surface area contributed by atoms with E-state index in [1.165, 1.54) is 30.3 Å². The number of anilines is 1. The molecule has 0 saturated heterocycles. The van der Waals surface area contributed by atoms with Crippen LogP contribution in [0.1, 0.15) is 11.1 Å². The third-order valence-electron chi connectivity index (χ3n) is 3.69. The normalized spacial score (nSPS) is 12.2. The molecule has 0 aliphatic carbocycles. The lowest BCUT2D eigenvalue weighted by molar-refractivity contribution is -0.137. The first-order valence-electron chi connectivity index (χ1n) is 7.90. The van der Waals surface area contributed by atoms with Crippen LogP contribution in [0.25, 0.3) is 0 Å². The maximum Gasteiger partial charge on any atom is 0.416 e. The number of hydrogen-bond acceptors (Lipinski definition) is 4. The van der Waals surface area contributed by atoms with Crippen molar-refractivity contribution in [1.82, 2.24) is 4.90 Å². The minimum Gasteiger partial charge on any atom is -0.325 e. The molecule has 5 nitrogen and oxygen atoms in total. The van der Waals surface area contributed by atoms with E-state index >= 15 is 0 Å². The first-order chi connectivity index (χ1) is 12.4. The largest absolute Gasteiger partial charge is 0.416 e. The summed E-state index contributed by atoms with van der Waals surface area (Å²) in [5, 5.41) is 2.61. The Balaban J connectivity index is 1.94. The summed E-state index contributed by atoms with van der Waals surface area (Å²) in [7, 11) is -1.72. The van der Waals surface area contributed by atoms with Crippen molar-refractivity contribution in [2.75, 3.05) is 25.2 Å². The van der Waals surface area contributed by atoms with Crippen molar-refractivity contribution in [3.05, 3.63) is 59.7 Å². The number of rotatable bonds is 6. The van der Waals surface area contributed by atoms with Gasteiger partial charge >= 0.3 is 6.18 Å². The number of alkyl halides is 3. The van der Waals surface area contributed by atoms with Crippen molar-refractivity contribution < 1.29 is 26.4 Å². The second-order valence-electron chi connectivity index (χ2n) is 6.22. The van der Waals surface area contributed by atoms with Crippen LogP contribution < -0.4 is 5.32 Å². The second-order valence-corrected chi connectivity index (χ2v) is 8.23. The highest BCUT2D eigenvalue weighted by Gasteiger charge is 2.29. The highest BCUT2D eigenvalue weighted by Crippen LogP contribution is 2.29. The van der Waals surface area contributed by atoms with Crippen molar-refractivity contribution in [1.29, 1.82) is 0 Å². The van der Waals surface area contributed by atoms with Gasteiger partial charge in [0.05, 0.1) is 17.0 Å². The molecule has 0 bridgehead atoms. The fourth-order valence-electron chi connectivity index (χ4n) is 2.42. The Kier molecular flexibility index (Phi) is 6.27. The summed E-state index contributed by atoms with van der Waals surface area (Å²) in [5.74, 6) is -0.366. The topological polar surface area (TPSA) is 66.5 Å². The fraction of sp³-hybridized carbons (Fsp3) is 0.278. The quantitative estimate of drug-likeness (QED) is 0.809. The zero-order valence-electron chi connectivity index (χ0n) is 14.7. The Morgan fingerprint density at radius 3 is 2.30 bits per heavy atom. The Morgan fingerprint density at radius 2 is 1.74 bits per heavy atom. The van der Waals surface area contributed by atoms with Crippen molar-refractivity contribution in [2.45, 2.75) is 17.6 Å². The Labute approximate surface area is 155 Å². The van der Waals surface area contributed by atoms with Gasteiger partial charge in [-0.05, 0) is 42.9 Å². The van der Waals surface area contributed by atoms with Gasteiger partial charge in [-0.25, -0.2) is 8.42 Å². The summed E-state index contributed by atoms with van der Waals surface area (Å²) in [6.07, 6.45) is -3.31. The van der Waals surface area contributed by atoms with Crippen LogP contribution in [0.2, 0.25) is 0 Å². The molecule has 0 heterocycles. The molecule has 0 unspecified atom stereocenters. The number of benzene rings is 2. The Morgan fingerprint density at radius 1 is 1.11 bits per heavy atom. The van der Waals surface area contributed by atoms with Crippen LogP contribution in [0.4, 0.5) is 18.9 Å². The molecule has 2 aromatic rings. The molecule has 1 amide bonds.